The predicted molar refractivity (Wildman–Crippen MR) is 108 cm³/mol. The summed E-state index contributed by atoms with van der Waals surface area (Å²) in [6.07, 6.45) is 0. The highest BCUT2D eigenvalue weighted by Gasteiger charge is 2.26. The topological polar surface area (TPSA) is 35.6 Å². The number of hydrogen-bond acceptors (Lipinski definition) is 3. The summed E-state index contributed by atoms with van der Waals surface area (Å²) in [6, 6.07) is 15.9. The second-order valence-corrected chi connectivity index (χ2v) is 7.20. The fourth-order valence-electron chi connectivity index (χ4n) is 3.41. The van der Waals surface area contributed by atoms with Crippen molar-refractivity contribution >= 4 is 23.2 Å². The van der Waals surface area contributed by atoms with Gasteiger partial charge in [-0.05, 0) is 37.1 Å². The van der Waals surface area contributed by atoms with Gasteiger partial charge in [0.25, 0.3) is 0 Å². The Balaban J connectivity index is 1.51. The van der Waals surface area contributed by atoms with Crippen molar-refractivity contribution in [2.24, 2.45) is 0 Å². The molecule has 5 heteroatoms. The average Bonchev–Trinajstić information content (AvgIpc) is 2.67. The third kappa shape index (κ3) is 4.37. The molecule has 3 rings (SSSR count). The number of benzene rings is 2. The molecule has 0 radical (unpaired) electrons. The van der Waals surface area contributed by atoms with Crippen LogP contribution < -0.4 is 10.2 Å². The Morgan fingerprint density at radius 2 is 1.73 bits per heavy atom. The standard InChI is InChI=1S/C21H26ClN3O/c1-16-7-3-6-10-20(16)25-13-11-24(12-14-25)17(2)21(26)23-15-18-8-4-5-9-19(18)22/h3-10,17H,11-15H2,1-2H3,(H,23,26). The van der Waals surface area contributed by atoms with Crippen molar-refractivity contribution in [1.82, 2.24) is 10.2 Å². The number of hydrogen-bond donors (Lipinski definition) is 1. The van der Waals surface area contributed by atoms with E-state index in [4.69, 9.17) is 11.6 Å². The summed E-state index contributed by atoms with van der Waals surface area (Å²) in [4.78, 5) is 17.2. The quantitative estimate of drug-likeness (QED) is 0.874. The van der Waals surface area contributed by atoms with E-state index in [1.807, 2.05) is 31.2 Å². The number of nitrogens with one attached hydrogen (secondary N) is 1. The second-order valence-electron chi connectivity index (χ2n) is 6.79. The predicted octanol–water partition coefficient (Wildman–Crippen LogP) is 3.48. The van der Waals surface area contributed by atoms with E-state index in [1.54, 1.807) is 0 Å². The highest BCUT2D eigenvalue weighted by Crippen LogP contribution is 2.21. The van der Waals surface area contributed by atoms with Crippen molar-refractivity contribution in [3.8, 4) is 0 Å². The fraction of sp³-hybridized carbons (Fsp3) is 0.381. The molecular formula is C21H26ClN3O. The zero-order valence-corrected chi connectivity index (χ0v) is 16.2. The van der Waals surface area contributed by atoms with E-state index in [9.17, 15) is 4.79 Å². The van der Waals surface area contributed by atoms with Gasteiger partial charge in [0, 0.05) is 43.4 Å². The van der Waals surface area contributed by atoms with Gasteiger partial charge in [-0.3, -0.25) is 9.69 Å². The van der Waals surface area contributed by atoms with Crippen LogP contribution >= 0.6 is 11.6 Å². The number of anilines is 1. The molecule has 0 bridgehead atoms. The van der Waals surface area contributed by atoms with E-state index < -0.39 is 0 Å². The maximum atomic E-state index is 12.5. The molecule has 26 heavy (non-hydrogen) atoms. The Kier molecular flexibility index (Phi) is 6.17. The zero-order chi connectivity index (χ0) is 18.5. The Morgan fingerprint density at radius 1 is 1.08 bits per heavy atom. The lowest BCUT2D eigenvalue weighted by molar-refractivity contribution is -0.126. The van der Waals surface area contributed by atoms with E-state index in [2.05, 4.69) is 46.3 Å². The van der Waals surface area contributed by atoms with Crippen molar-refractivity contribution in [3.63, 3.8) is 0 Å². The summed E-state index contributed by atoms with van der Waals surface area (Å²) in [6.45, 7) is 8.23. The van der Waals surface area contributed by atoms with Gasteiger partial charge >= 0.3 is 0 Å². The summed E-state index contributed by atoms with van der Waals surface area (Å²) < 4.78 is 0. The number of para-hydroxylation sites is 1. The summed E-state index contributed by atoms with van der Waals surface area (Å²) in [7, 11) is 0. The van der Waals surface area contributed by atoms with Crippen LogP contribution in [0.15, 0.2) is 48.5 Å². The molecule has 1 atom stereocenters. The lowest BCUT2D eigenvalue weighted by Crippen LogP contribution is -2.54. The van der Waals surface area contributed by atoms with Gasteiger partial charge in [-0.2, -0.15) is 0 Å². The molecule has 0 saturated carbocycles. The minimum atomic E-state index is -0.142. The zero-order valence-electron chi connectivity index (χ0n) is 15.4. The number of aryl methyl sites for hydroxylation is 1. The number of piperazine rings is 1. The summed E-state index contributed by atoms with van der Waals surface area (Å²) >= 11 is 6.16. The smallest absolute Gasteiger partial charge is 0.237 e. The first-order chi connectivity index (χ1) is 12.6. The molecule has 2 aromatic carbocycles. The lowest BCUT2D eigenvalue weighted by atomic mass is 10.1. The monoisotopic (exact) mass is 371 g/mol. The number of carbonyl (C=O) groups excluding carboxylic acids is 1. The molecule has 4 nitrogen and oxygen atoms in total. The first-order valence-corrected chi connectivity index (χ1v) is 9.50. The van der Waals surface area contributed by atoms with Crippen LogP contribution in [0, 0.1) is 6.92 Å². The molecule has 0 aliphatic carbocycles. The number of amides is 1. The van der Waals surface area contributed by atoms with Gasteiger partial charge in [0.05, 0.1) is 6.04 Å². The van der Waals surface area contributed by atoms with Gasteiger partial charge in [-0.15, -0.1) is 0 Å². The normalized spacial score (nSPS) is 16.3. The Morgan fingerprint density at radius 3 is 2.42 bits per heavy atom. The Bertz CT molecular complexity index is 756. The highest BCUT2D eigenvalue weighted by atomic mass is 35.5. The molecule has 1 aliphatic rings. The van der Waals surface area contributed by atoms with Crippen molar-refractivity contribution in [3.05, 3.63) is 64.7 Å². The molecule has 1 fully saturated rings. The third-order valence-corrected chi connectivity index (χ3v) is 5.48. The molecule has 138 valence electrons. The molecule has 1 heterocycles. The van der Waals surface area contributed by atoms with Gasteiger partial charge in [-0.25, -0.2) is 0 Å². The van der Waals surface area contributed by atoms with Crippen molar-refractivity contribution in [1.29, 1.82) is 0 Å². The van der Waals surface area contributed by atoms with E-state index in [0.29, 0.717) is 11.6 Å². The first-order valence-electron chi connectivity index (χ1n) is 9.12. The minimum absolute atomic E-state index is 0.0502. The minimum Gasteiger partial charge on any atom is -0.369 e. The van der Waals surface area contributed by atoms with Crippen LogP contribution in [0.25, 0.3) is 0 Å². The third-order valence-electron chi connectivity index (χ3n) is 5.11. The van der Waals surface area contributed by atoms with Crippen molar-refractivity contribution < 1.29 is 4.79 Å². The molecule has 1 unspecified atom stereocenters. The lowest BCUT2D eigenvalue weighted by Gasteiger charge is -2.39. The van der Waals surface area contributed by atoms with Gasteiger partial charge in [0.15, 0.2) is 0 Å². The van der Waals surface area contributed by atoms with E-state index in [0.717, 1.165) is 31.7 Å². The molecule has 0 aromatic heterocycles. The average molecular weight is 372 g/mol. The molecule has 1 aliphatic heterocycles. The molecule has 1 amide bonds. The number of halogens is 1. The Hall–Kier alpha value is -2.04. The molecule has 2 aromatic rings. The molecular weight excluding hydrogens is 346 g/mol. The van der Waals surface area contributed by atoms with Crippen LogP contribution in [0.3, 0.4) is 0 Å². The van der Waals surface area contributed by atoms with Gasteiger partial charge in [0.1, 0.15) is 0 Å². The van der Waals surface area contributed by atoms with Crippen LogP contribution in [0.5, 0.6) is 0 Å². The molecule has 1 N–H and O–H groups in total. The summed E-state index contributed by atoms with van der Waals surface area (Å²) in [5.41, 5.74) is 3.54. The van der Waals surface area contributed by atoms with Crippen molar-refractivity contribution in [2.45, 2.75) is 26.4 Å². The van der Waals surface area contributed by atoms with E-state index >= 15 is 0 Å². The maximum Gasteiger partial charge on any atom is 0.237 e. The van der Waals surface area contributed by atoms with Crippen LogP contribution in [0.2, 0.25) is 5.02 Å². The SMILES string of the molecule is Cc1ccccc1N1CCN(C(C)C(=O)NCc2ccccc2Cl)CC1. The maximum absolute atomic E-state index is 12.5. The van der Waals surface area contributed by atoms with E-state index in [1.165, 1.54) is 11.3 Å². The first kappa shape index (κ1) is 18.7. The number of nitrogens with zero attached hydrogens (tertiary/aromatic N) is 2. The van der Waals surface area contributed by atoms with Crippen molar-refractivity contribution in [2.75, 3.05) is 31.1 Å². The van der Waals surface area contributed by atoms with Gasteiger partial charge < -0.3 is 10.2 Å². The molecule has 1 saturated heterocycles. The number of carbonyl (C=O) groups is 1. The summed E-state index contributed by atoms with van der Waals surface area (Å²) in [5.74, 6) is 0.0502. The van der Waals surface area contributed by atoms with Crippen LogP contribution in [0.1, 0.15) is 18.1 Å². The largest absolute Gasteiger partial charge is 0.369 e. The fourth-order valence-corrected chi connectivity index (χ4v) is 3.61. The van der Waals surface area contributed by atoms with Crippen LogP contribution in [-0.2, 0) is 11.3 Å². The van der Waals surface area contributed by atoms with Crippen LogP contribution in [-0.4, -0.2) is 43.0 Å². The van der Waals surface area contributed by atoms with Gasteiger partial charge in [0.2, 0.25) is 5.91 Å². The molecule has 0 spiro atoms. The summed E-state index contributed by atoms with van der Waals surface area (Å²) in [5, 5.41) is 3.70. The second kappa shape index (κ2) is 8.56. The van der Waals surface area contributed by atoms with Gasteiger partial charge in [-0.1, -0.05) is 48.0 Å². The van der Waals surface area contributed by atoms with Crippen LogP contribution in [0.4, 0.5) is 5.69 Å². The van der Waals surface area contributed by atoms with E-state index in [-0.39, 0.29) is 11.9 Å². The number of rotatable bonds is 5. The Labute approximate surface area is 160 Å². The highest BCUT2D eigenvalue weighted by molar-refractivity contribution is 6.31.